The van der Waals surface area contributed by atoms with Gasteiger partial charge in [0.05, 0.1) is 18.5 Å². The van der Waals surface area contributed by atoms with Gasteiger partial charge in [-0.15, -0.1) is 10.2 Å². The average Bonchev–Trinajstić information content (AvgIpc) is 3.15. The number of halogens is 2. The van der Waals surface area contributed by atoms with E-state index in [0.29, 0.717) is 22.2 Å². The van der Waals surface area contributed by atoms with Crippen LogP contribution < -0.4 is 21.5 Å². The lowest BCUT2D eigenvalue weighted by Gasteiger charge is -2.13. The van der Waals surface area contributed by atoms with Crippen molar-refractivity contribution in [3.05, 3.63) is 70.1 Å². The van der Waals surface area contributed by atoms with E-state index in [4.69, 9.17) is 35.9 Å². The molecule has 0 aliphatic heterocycles. The Labute approximate surface area is 180 Å². The van der Waals surface area contributed by atoms with Crippen LogP contribution in [0, 0.1) is 11.3 Å². The van der Waals surface area contributed by atoms with Gasteiger partial charge in [0.25, 0.3) is 11.1 Å². The zero-order valence-electron chi connectivity index (χ0n) is 17.2. The van der Waals surface area contributed by atoms with Crippen LogP contribution in [-0.2, 0) is 6.42 Å². The van der Waals surface area contributed by atoms with E-state index in [1.165, 1.54) is 6.07 Å². The molecule has 1 atom stereocenters. The van der Waals surface area contributed by atoms with E-state index in [-0.39, 0.29) is 33.2 Å². The molecule has 0 radical (unpaired) electrons. The number of fused-ring (bicyclic) bond motifs is 1. The van der Waals surface area contributed by atoms with Crippen LogP contribution in [0.2, 0.25) is 10.0 Å². The summed E-state index contributed by atoms with van der Waals surface area (Å²) in [4.78, 5) is 37.8. The standard InChI is InChI=1S/C18H12Cl2N6O4/c1-7-2-3-9-13(7)16(28)23-24-17(9)30-14-10(19)4-8(5-11(14)20)26-18(29)22-15(27)12(6-21)25-26/h4-5,7H,2-3H2,1H3,(H,23,28)(H,22,27,29)/t7-/m1/s1/i4D,5D. The molecule has 0 amide bonds. The van der Waals surface area contributed by atoms with Gasteiger partial charge in [0, 0.05) is 11.1 Å². The molecular weight excluding hydrogens is 435 g/mol. The number of ether oxygens (including phenoxy) is 1. The molecule has 0 fully saturated rings. The van der Waals surface area contributed by atoms with Crippen molar-refractivity contribution in [2.75, 3.05) is 0 Å². The lowest BCUT2D eigenvalue weighted by Crippen LogP contribution is -2.33. The van der Waals surface area contributed by atoms with E-state index in [1.54, 1.807) is 0 Å². The molecule has 1 aromatic carbocycles. The minimum Gasteiger partial charge on any atom is -0.434 e. The van der Waals surface area contributed by atoms with Crippen LogP contribution in [0.25, 0.3) is 5.69 Å². The number of benzene rings is 1. The molecule has 0 spiro atoms. The molecule has 1 aliphatic rings. The number of rotatable bonds is 3. The second-order valence-corrected chi connectivity index (χ2v) is 7.24. The van der Waals surface area contributed by atoms with Gasteiger partial charge < -0.3 is 4.74 Å². The Hall–Kier alpha value is -3.42. The maximum atomic E-state index is 12.2. The third kappa shape index (κ3) is 3.28. The van der Waals surface area contributed by atoms with Crippen molar-refractivity contribution in [3.63, 3.8) is 0 Å². The molecule has 2 heterocycles. The summed E-state index contributed by atoms with van der Waals surface area (Å²) in [6.45, 7) is 1.90. The van der Waals surface area contributed by atoms with Gasteiger partial charge in [-0.05, 0) is 30.8 Å². The lowest BCUT2D eigenvalue weighted by atomic mass is 10.1. The van der Waals surface area contributed by atoms with E-state index >= 15 is 0 Å². The monoisotopic (exact) mass is 448 g/mol. The molecule has 0 saturated heterocycles. The first kappa shape index (κ1) is 17.4. The van der Waals surface area contributed by atoms with Crippen molar-refractivity contribution < 1.29 is 7.48 Å². The Morgan fingerprint density at radius 3 is 2.67 bits per heavy atom. The topological polar surface area (TPSA) is 147 Å². The van der Waals surface area contributed by atoms with Gasteiger partial charge in [0.15, 0.2) is 5.75 Å². The Bertz CT molecular complexity index is 1480. The number of nitrogens with zero attached hydrogens (tertiary/aromatic N) is 4. The molecule has 30 heavy (non-hydrogen) atoms. The van der Waals surface area contributed by atoms with Gasteiger partial charge in [0.1, 0.15) is 6.07 Å². The normalized spacial score (nSPS) is 15.9. The molecular formula is C18H12Cl2N6O4. The number of aromatic amines is 2. The number of hydrogen-bond donors (Lipinski definition) is 2. The van der Waals surface area contributed by atoms with Crippen molar-refractivity contribution in [1.82, 2.24) is 25.0 Å². The average molecular weight is 449 g/mol. The summed E-state index contributed by atoms with van der Waals surface area (Å²) >= 11 is 12.6. The smallest absolute Gasteiger partial charge is 0.349 e. The third-order valence-corrected chi connectivity index (χ3v) is 5.14. The molecule has 4 rings (SSSR count). The first-order valence-electron chi connectivity index (χ1n) is 9.57. The van der Waals surface area contributed by atoms with Gasteiger partial charge in [-0.2, -0.15) is 9.94 Å². The molecule has 0 saturated carbocycles. The third-order valence-electron chi connectivity index (χ3n) is 4.61. The fourth-order valence-electron chi connectivity index (χ4n) is 3.20. The summed E-state index contributed by atoms with van der Waals surface area (Å²) in [5.41, 5.74) is -2.44. The zero-order valence-corrected chi connectivity index (χ0v) is 16.7. The van der Waals surface area contributed by atoms with Crippen molar-refractivity contribution >= 4 is 23.2 Å². The summed E-state index contributed by atoms with van der Waals surface area (Å²) in [5, 5.41) is 18.1. The highest BCUT2D eigenvalue weighted by molar-refractivity contribution is 6.37. The van der Waals surface area contributed by atoms with E-state index in [2.05, 4.69) is 15.3 Å². The molecule has 10 nitrogen and oxygen atoms in total. The summed E-state index contributed by atoms with van der Waals surface area (Å²) in [7, 11) is 0. The zero-order chi connectivity index (χ0) is 23.3. The summed E-state index contributed by atoms with van der Waals surface area (Å²) < 4.78 is 22.9. The predicted molar refractivity (Wildman–Crippen MR) is 107 cm³/mol. The quantitative estimate of drug-likeness (QED) is 0.622. The molecule has 1 aliphatic carbocycles. The molecule has 3 aromatic rings. The molecule has 12 heteroatoms. The molecule has 0 unspecified atom stereocenters. The predicted octanol–water partition coefficient (Wildman–Crippen LogP) is 2.02. The van der Waals surface area contributed by atoms with Crippen LogP contribution in [0.4, 0.5) is 0 Å². The SMILES string of the molecule is [2H]c1c(Cl)c(Oc2n[nH]c(=O)c3c2CC[C@H]3C)c(Cl)c([2H])c1-n1nc(C#N)c(=O)[nH]c1=O. The van der Waals surface area contributed by atoms with Crippen LogP contribution in [-0.4, -0.2) is 25.0 Å². The highest BCUT2D eigenvalue weighted by Crippen LogP contribution is 2.41. The first-order chi connectivity index (χ1) is 15.1. The maximum Gasteiger partial charge on any atom is 0.349 e. The Balaban J connectivity index is 1.90. The van der Waals surface area contributed by atoms with E-state index < -0.39 is 34.7 Å². The summed E-state index contributed by atoms with van der Waals surface area (Å²) in [5.74, 6) is -0.241. The number of aromatic nitrogens is 5. The fourth-order valence-corrected chi connectivity index (χ4v) is 3.69. The van der Waals surface area contributed by atoms with Crippen molar-refractivity contribution in [2.45, 2.75) is 25.7 Å². The highest BCUT2D eigenvalue weighted by atomic mass is 35.5. The summed E-state index contributed by atoms with van der Waals surface area (Å²) in [6.07, 6.45) is 1.25. The van der Waals surface area contributed by atoms with Crippen LogP contribution in [0.1, 0.15) is 38.8 Å². The number of nitrogens with one attached hydrogen (secondary N) is 2. The van der Waals surface area contributed by atoms with Gasteiger partial charge in [0.2, 0.25) is 11.6 Å². The van der Waals surface area contributed by atoms with Crippen molar-refractivity contribution in [2.24, 2.45) is 0 Å². The van der Waals surface area contributed by atoms with Gasteiger partial charge in [-0.25, -0.2) is 9.89 Å². The second-order valence-electron chi connectivity index (χ2n) is 6.48. The largest absolute Gasteiger partial charge is 0.434 e. The fraction of sp³-hybridized carbons (Fsp3) is 0.222. The number of H-pyrrole nitrogens is 2. The molecule has 152 valence electrons. The van der Waals surface area contributed by atoms with E-state index in [1.807, 2.05) is 11.9 Å². The van der Waals surface area contributed by atoms with Gasteiger partial charge in [-0.1, -0.05) is 30.1 Å². The molecule has 2 aromatic heterocycles. The summed E-state index contributed by atoms with van der Waals surface area (Å²) in [6, 6.07) is 0.393. The van der Waals surface area contributed by atoms with Gasteiger partial charge >= 0.3 is 5.69 Å². The van der Waals surface area contributed by atoms with Crippen LogP contribution in [0.15, 0.2) is 26.5 Å². The minimum absolute atomic E-state index is 0.00147. The van der Waals surface area contributed by atoms with Gasteiger partial charge in [-0.3, -0.25) is 14.6 Å². The Kier molecular flexibility index (Phi) is 4.32. The van der Waals surface area contributed by atoms with Crippen LogP contribution >= 0.6 is 23.2 Å². The van der Waals surface area contributed by atoms with E-state index in [9.17, 15) is 14.4 Å². The lowest BCUT2D eigenvalue weighted by molar-refractivity contribution is 0.448. The molecule has 2 N–H and O–H groups in total. The van der Waals surface area contributed by atoms with E-state index in [0.717, 1.165) is 6.42 Å². The Morgan fingerprint density at radius 1 is 1.30 bits per heavy atom. The van der Waals surface area contributed by atoms with Crippen LogP contribution in [0.5, 0.6) is 11.6 Å². The first-order valence-corrected chi connectivity index (χ1v) is 9.32. The number of nitriles is 1. The second kappa shape index (κ2) is 7.44. The van der Waals surface area contributed by atoms with Crippen molar-refractivity contribution in [3.8, 4) is 23.4 Å². The Morgan fingerprint density at radius 2 is 2.00 bits per heavy atom. The maximum absolute atomic E-state index is 12.2. The van der Waals surface area contributed by atoms with Crippen LogP contribution in [0.3, 0.4) is 0 Å². The number of hydrogen-bond acceptors (Lipinski definition) is 7. The minimum atomic E-state index is -1.09. The molecule has 0 bridgehead atoms. The highest BCUT2D eigenvalue weighted by Gasteiger charge is 2.27. The van der Waals surface area contributed by atoms with Crippen molar-refractivity contribution in [1.29, 1.82) is 5.26 Å².